The van der Waals surface area contributed by atoms with Gasteiger partial charge in [-0.25, -0.2) is 4.98 Å². The second-order valence-corrected chi connectivity index (χ2v) is 4.03. The van der Waals surface area contributed by atoms with E-state index in [0.29, 0.717) is 6.54 Å². The lowest BCUT2D eigenvalue weighted by Gasteiger charge is -2.08. The van der Waals surface area contributed by atoms with Crippen LogP contribution in [-0.2, 0) is 6.54 Å². The zero-order valence-electron chi connectivity index (χ0n) is 9.96. The quantitative estimate of drug-likeness (QED) is 0.861. The van der Waals surface area contributed by atoms with Gasteiger partial charge in [-0.15, -0.1) is 0 Å². The number of carbonyl (C=O) groups excluding carboxylic acids is 1. The molecule has 18 heavy (non-hydrogen) atoms. The predicted octanol–water partition coefficient (Wildman–Crippen LogP) is 0.699. The standard InChI is InChI=1S/C13H13N3O2/c1-9-4-2-3-5-10(9)7-16-8-15-11(13(14)18)6-12(16)17/h2-6,8H,7H2,1H3,(H2,14,18). The Labute approximate surface area is 104 Å². The molecular weight excluding hydrogens is 230 g/mol. The molecule has 1 aromatic carbocycles. The molecular formula is C13H13N3O2. The van der Waals surface area contributed by atoms with Gasteiger partial charge in [-0.3, -0.25) is 14.2 Å². The Balaban J connectivity index is 2.34. The summed E-state index contributed by atoms with van der Waals surface area (Å²) in [5.74, 6) is -0.699. The highest BCUT2D eigenvalue weighted by Gasteiger charge is 2.06. The van der Waals surface area contributed by atoms with Crippen molar-refractivity contribution >= 4 is 5.91 Å². The third-order valence-corrected chi connectivity index (χ3v) is 2.73. The van der Waals surface area contributed by atoms with Crippen molar-refractivity contribution in [2.24, 2.45) is 5.73 Å². The maximum absolute atomic E-state index is 11.8. The van der Waals surface area contributed by atoms with Gasteiger partial charge in [-0.05, 0) is 18.1 Å². The maximum Gasteiger partial charge on any atom is 0.267 e. The maximum atomic E-state index is 11.8. The molecule has 5 heteroatoms. The minimum Gasteiger partial charge on any atom is -0.364 e. The summed E-state index contributed by atoms with van der Waals surface area (Å²) in [5, 5.41) is 0. The van der Waals surface area contributed by atoms with Crippen LogP contribution in [0, 0.1) is 6.92 Å². The summed E-state index contributed by atoms with van der Waals surface area (Å²) in [4.78, 5) is 26.5. The van der Waals surface area contributed by atoms with E-state index < -0.39 is 5.91 Å². The number of aryl methyl sites for hydroxylation is 1. The van der Waals surface area contributed by atoms with Crippen molar-refractivity contribution in [2.75, 3.05) is 0 Å². The Bertz CT molecular complexity index is 647. The van der Waals surface area contributed by atoms with E-state index in [1.165, 1.54) is 10.9 Å². The highest BCUT2D eigenvalue weighted by atomic mass is 16.1. The Hall–Kier alpha value is -2.43. The Morgan fingerprint density at radius 1 is 1.39 bits per heavy atom. The molecule has 0 spiro atoms. The summed E-state index contributed by atoms with van der Waals surface area (Å²) in [7, 11) is 0. The fourth-order valence-electron chi connectivity index (χ4n) is 1.65. The summed E-state index contributed by atoms with van der Waals surface area (Å²) in [6.45, 7) is 2.41. The fourth-order valence-corrected chi connectivity index (χ4v) is 1.65. The molecule has 1 amide bonds. The largest absolute Gasteiger partial charge is 0.364 e. The summed E-state index contributed by atoms with van der Waals surface area (Å²) < 4.78 is 1.44. The van der Waals surface area contributed by atoms with E-state index in [2.05, 4.69) is 4.98 Å². The normalized spacial score (nSPS) is 10.3. The van der Waals surface area contributed by atoms with Crippen LogP contribution >= 0.6 is 0 Å². The van der Waals surface area contributed by atoms with E-state index in [1.54, 1.807) is 0 Å². The van der Waals surface area contributed by atoms with Crippen LogP contribution in [0.1, 0.15) is 21.6 Å². The Morgan fingerprint density at radius 2 is 2.11 bits per heavy atom. The van der Waals surface area contributed by atoms with Crippen molar-refractivity contribution in [1.82, 2.24) is 9.55 Å². The topological polar surface area (TPSA) is 78.0 Å². The molecule has 1 heterocycles. The molecule has 0 saturated carbocycles. The van der Waals surface area contributed by atoms with Crippen LogP contribution in [-0.4, -0.2) is 15.5 Å². The molecule has 0 aliphatic heterocycles. The summed E-state index contributed by atoms with van der Waals surface area (Å²) in [6.07, 6.45) is 1.34. The van der Waals surface area contributed by atoms with Gasteiger partial charge in [0.05, 0.1) is 12.9 Å². The van der Waals surface area contributed by atoms with Gasteiger partial charge in [0.15, 0.2) is 0 Å². The average Bonchev–Trinajstić information content (AvgIpc) is 2.34. The Morgan fingerprint density at radius 3 is 2.72 bits per heavy atom. The third kappa shape index (κ3) is 2.45. The van der Waals surface area contributed by atoms with E-state index in [-0.39, 0.29) is 11.3 Å². The molecule has 0 radical (unpaired) electrons. The van der Waals surface area contributed by atoms with E-state index in [0.717, 1.165) is 17.2 Å². The van der Waals surface area contributed by atoms with Crippen molar-refractivity contribution < 1.29 is 4.79 Å². The zero-order valence-corrected chi connectivity index (χ0v) is 9.96. The smallest absolute Gasteiger partial charge is 0.267 e. The number of hydrogen-bond donors (Lipinski definition) is 1. The predicted molar refractivity (Wildman–Crippen MR) is 67.3 cm³/mol. The van der Waals surface area contributed by atoms with Crippen LogP contribution in [0.4, 0.5) is 0 Å². The summed E-state index contributed by atoms with van der Waals surface area (Å²) in [6, 6.07) is 8.94. The first-order valence-electron chi connectivity index (χ1n) is 5.49. The first-order chi connectivity index (χ1) is 8.58. The number of carbonyl (C=O) groups is 1. The monoisotopic (exact) mass is 243 g/mol. The van der Waals surface area contributed by atoms with Crippen LogP contribution in [0.25, 0.3) is 0 Å². The number of nitrogens with zero attached hydrogens (tertiary/aromatic N) is 2. The second kappa shape index (κ2) is 4.83. The third-order valence-electron chi connectivity index (χ3n) is 2.73. The number of hydrogen-bond acceptors (Lipinski definition) is 3. The van der Waals surface area contributed by atoms with Crippen LogP contribution in [0.3, 0.4) is 0 Å². The first kappa shape index (κ1) is 12.0. The molecule has 5 nitrogen and oxygen atoms in total. The van der Waals surface area contributed by atoms with Gasteiger partial charge in [0.1, 0.15) is 5.69 Å². The summed E-state index contributed by atoms with van der Waals surface area (Å²) >= 11 is 0. The van der Waals surface area contributed by atoms with Crippen molar-refractivity contribution in [3.63, 3.8) is 0 Å². The molecule has 1 aromatic heterocycles. The van der Waals surface area contributed by atoms with Gasteiger partial charge in [-0.2, -0.15) is 0 Å². The van der Waals surface area contributed by atoms with Crippen LogP contribution in [0.2, 0.25) is 0 Å². The highest BCUT2D eigenvalue weighted by molar-refractivity contribution is 5.90. The zero-order chi connectivity index (χ0) is 13.1. The minimum absolute atomic E-state index is 0.0129. The molecule has 0 bridgehead atoms. The van der Waals surface area contributed by atoms with Crippen LogP contribution < -0.4 is 11.3 Å². The molecule has 0 unspecified atom stereocenters. The number of aromatic nitrogens is 2. The Kier molecular flexibility index (Phi) is 3.23. The number of nitrogens with two attached hydrogens (primary N) is 1. The van der Waals surface area contributed by atoms with Crippen molar-refractivity contribution in [3.05, 3.63) is 63.8 Å². The lowest BCUT2D eigenvalue weighted by atomic mass is 10.1. The highest BCUT2D eigenvalue weighted by Crippen LogP contribution is 2.07. The van der Waals surface area contributed by atoms with Crippen LogP contribution in [0.15, 0.2) is 41.5 Å². The number of amides is 1. The molecule has 0 saturated heterocycles. The van der Waals surface area contributed by atoms with Gasteiger partial charge < -0.3 is 5.73 Å². The average molecular weight is 243 g/mol. The number of rotatable bonds is 3. The van der Waals surface area contributed by atoms with Gasteiger partial charge in [0.25, 0.3) is 11.5 Å². The second-order valence-electron chi connectivity index (χ2n) is 4.03. The summed E-state index contributed by atoms with van der Waals surface area (Å²) in [5.41, 5.74) is 6.89. The van der Waals surface area contributed by atoms with Gasteiger partial charge in [-0.1, -0.05) is 24.3 Å². The SMILES string of the molecule is Cc1ccccc1Cn1cnc(C(N)=O)cc1=O. The number of benzene rings is 1. The van der Waals surface area contributed by atoms with Gasteiger partial charge in [0, 0.05) is 6.07 Å². The fraction of sp³-hybridized carbons (Fsp3) is 0.154. The van der Waals surface area contributed by atoms with E-state index >= 15 is 0 Å². The minimum atomic E-state index is -0.699. The molecule has 0 aliphatic rings. The lowest BCUT2D eigenvalue weighted by molar-refractivity contribution is 0.0995. The van der Waals surface area contributed by atoms with E-state index in [1.807, 2.05) is 31.2 Å². The molecule has 2 aromatic rings. The van der Waals surface area contributed by atoms with E-state index in [9.17, 15) is 9.59 Å². The van der Waals surface area contributed by atoms with Gasteiger partial charge >= 0.3 is 0 Å². The van der Waals surface area contributed by atoms with Crippen LogP contribution in [0.5, 0.6) is 0 Å². The number of primary amides is 1. The van der Waals surface area contributed by atoms with Crippen molar-refractivity contribution in [1.29, 1.82) is 0 Å². The van der Waals surface area contributed by atoms with Crippen molar-refractivity contribution in [2.45, 2.75) is 13.5 Å². The molecule has 0 fully saturated rings. The molecule has 92 valence electrons. The van der Waals surface area contributed by atoms with Gasteiger partial charge in [0.2, 0.25) is 0 Å². The lowest BCUT2D eigenvalue weighted by Crippen LogP contribution is -2.24. The molecule has 2 N–H and O–H groups in total. The first-order valence-corrected chi connectivity index (χ1v) is 5.49. The molecule has 0 aliphatic carbocycles. The molecule has 2 rings (SSSR count). The van der Waals surface area contributed by atoms with E-state index in [4.69, 9.17) is 5.73 Å². The molecule has 0 atom stereocenters. The van der Waals surface area contributed by atoms with Crippen molar-refractivity contribution in [3.8, 4) is 0 Å².